The average Bonchev–Trinajstić information content (AvgIpc) is 3.19. The monoisotopic (exact) mass is 446 g/mol. The van der Waals surface area contributed by atoms with E-state index in [2.05, 4.69) is 11.9 Å². The molecule has 1 aromatic heterocycles. The molecule has 0 bridgehead atoms. The zero-order valence-electron chi connectivity index (χ0n) is 18.5. The molecule has 5 rings (SSSR count). The Kier molecular flexibility index (Phi) is 5.36. The van der Waals surface area contributed by atoms with Gasteiger partial charge in [0.25, 0.3) is 5.69 Å². The number of nitrogens with zero attached hydrogens (tertiary/aromatic N) is 3. The summed E-state index contributed by atoms with van der Waals surface area (Å²) in [5.41, 5.74) is 3.34. The van der Waals surface area contributed by atoms with Crippen LogP contribution in [0.1, 0.15) is 49.0 Å². The van der Waals surface area contributed by atoms with Crippen LogP contribution >= 0.6 is 0 Å². The third kappa shape index (κ3) is 3.55. The number of non-ortho nitro benzene ring substituents is 1. The number of hydrogen-bond acceptors (Lipinski definition) is 4. The highest BCUT2D eigenvalue weighted by Crippen LogP contribution is 2.43. The third-order valence-corrected chi connectivity index (χ3v) is 6.77. The van der Waals surface area contributed by atoms with Crippen LogP contribution in [0.2, 0.25) is 0 Å². The second-order valence-corrected chi connectivity index (χ2v) is 8.81. The van der Waals surface area contributed by atoms with E-state index in [1.807, 2.05) is 24.3 Å². The number of aromatic nitrogens is 1. The van der Waals surface area contributed by atoms with Crippen LogP contribution in [0.15, 0.2) is 48.5 Å². The van der Waals surface area contributed by atoms with Crippen molar-refractivity contribution in [2.75, 3.05) is 13.1 Å². The summed E-state index contributed by atoms with van der Waals surface area (Å²) in [5.74, 6) is -0.172. The van der Waals surface area contributed by atoms with E-state index in [-0.39, 0.29) is 24.0 Å². The molecule has 8 nitrogen and oxygen atoms in total. The van der Waals surface area contributed by atoms with Gasteiger partial charge in [0.2, 0.25) is 11.8 Å². The number of piperazine rings is 1. The quantitative estimate of drug-likeness (QED) is 0.352. The number of aromatic amines is 1. The molecule has 0 unspecified atom stereocenters. The summed E-state index contributed by atoms with van der Waals surface area (Å²) in [4.78, 5) is 44.8. The van der Waals surface area contributed by atoms with Crippen LogP contribution < -0.4 is 0 Å². The van der Waals surface area contributed by atoms with E-state index >= 15 is 0 Å². The summed E-state index contributed by atoms with van der Waals surface area (Å²) in [5, 5.41) is 12.5. The molecule has 0 aliphatic carbocycles. The van der Waals surface area contributed by atoms with Crippen molar-refractivity contribution >= 4 is 28.4 Å². The normalized spacial score (nSPS) is 20.2. The number of rotatable bonds is 6. The number of H-pyrrole nitrogens is 1. The Morgan fingerprint density at radius 3 is 2.73 bits per heavy atom. The number of unbranched alkanes of at least 4 members (excludes halogenated alkanes) is 2. The standard InChI is InChI=1S/C25H26N4O4/c1-2-3-6-12-27-15-22(30)28-21(25(27)31)14-19-18-10-4-5-11-20(18)26-23(19)24(28)16-8-7-9-17(13-16)29(32)33/h4-5,7-11,13,21,24,26H,2-3,6,12,14-15H2,1H3/t21-,24+/m0/s1. The number of nitro benzene ring substituents is 1. The first-order valence-electron chi connectivity index (χ1n) is 11.4. The van der Waals surface area contributed by atoms with Gasteiger partial charge < -0.3 is 14.8 Å². The van der Waals surface area contributed by atoms with Crippen molar-refractivity contribution in [3.8, 4) is 0 Å². The maximum absolute atomic E-state index is 13.5. The molecule has 33 heavy (non-hydrogen) atoms. The fourth-order valence-electron chi connectivity index (χ4n) is 5.22. The molecule has 1 saturated heterocycles. The average molecular weight is 447 g/mol. The number of carbonyl (C=O) groups excluding carboxylic acids is 2. The third-order valence-electron chi connectivity index (χ3n) is 6.77. The van der Waals surface area contributed by atoms with E-state index in [1.165, 1.54) is 12.1 Å². The van der Waals surface area contributed by atoms with Gasteiger partial charge in [0.05, 0.1) is 17.5 Å². The van der Waals surface area contributed by atoms with Crippen molar-refractivity contribution < 1.29 is 14.5 Å². The van der Waals surface area contributed by atoms with Gasteiger partial charge in [-0.25, -0.2) is 0 Å². The van der Waals surface area contributed by atoms with E-state index in [9.17, 15) is 19.7 Å². The molecule has 2 atom stereocenters. The second kappa shape index (κ2) is 8.35. The number of carbonyl (C=O) groups is 2. The summed E-state index contributed by atoms with van der Waals surface area (Å²) in [6, 6.07) is 13.0. The van der Waals surface area contributed by atoms with E-state index in [4.69, 9.17) is 0 Å². The van der Waals surface area contributed by atoms with Crippen LogP contribution in [-0.4, -0.2) is 50.7 Å². The van der Waals surface area contributed by atoms with Gasteiger partial charge in [-0.05, 0) is 23.6 Å². The molecule has 0 saturated carbocycles. The first-order valence-corrected chi connectivity index (χ1v) is 11.4. The minimum Gasteiger partial charge on any atom is -0.356 e. The lowest BCUT2D eigenvalue weighted by Crippen LogP contribution is -2.63. The number of nitrogens with one attached hydrogen (secondary N) is 1. The van der Waals surface area contributed by atoms with Gasteiger partial charge in [-0.3, -0.25) is 19.7 Å². The van der Waals surface area contributed by atoms with Gasteiger partial charge in [0, 0.05) is 41.7 Å². The smallest absolute Gasteiger partial charge is 0.269 e. The fraction of sp³-hybridized carbons (Fsp3) is 0.360. The molecule has 8 heteroatoms. The SMILES string of the molecule is CCCCCN1CC(=O)N2[C@H](c3cccc([N+](=O)[O-])c3)c3[nH]c4ccccc4c3C[C@H]2C1=O. The first-order chi connectivity index (χ1) is 16.0. The molecular formula is C25H26N4O4. The van der Waals surface area contributed by atoms with Crippen LogP contribution in [0.5, 0.6) is 0 Å². The molecule has 3 aromatic rings. The molecule has 1 fully saturated rings. The number of para-hydroxylation sites is 1. The maximum atomic E-state index is 13.5. The highest BCUT2D eigenvalue weighted by atomic mass is 16.6. The van der Waals surface area contributed by atoms with Crippen molar-refractivity contribution in [3.63, 3.8) is 0 Å². The van der Waals surface area contributed by atoms with Crippen molar-refractivity contribution in [1.82, 2.24) is 14.8 Å². The Labute approximate surface area is 191 Å². The van der Waals surface area contributed by atoms with E-state index < -0.39 is 17.0 Å². The van der Waals surface area contributed by atoms with Crippen molar-refractivity contribution in [1.29, 1.82) is 0 Å². The summed E-state index contributed by atoms with van der Waals surface area (Å²) < 4.78 is 0. The molecule has 2 amide bonds. The van der Waals surface area contributed by atoms with E-state index in [0.29, 0.717) is 18.5 Å². The van der Waals surface area contributed by atoms with Gasteiger partial charge in [0.15, 0.2) is 0 Å². The number of fused-ring (bicyclic) bond motifs is 4. The van der Waals surface area contributed by atoms with Crippen LogP contribution in [0.4, 0.5) is 5.69 Å². The van der Waals surface area contributed by atoms with Crippen molar-refractivity contribution in [2.24, 2.45) is 0 Å². The Morgan fingerprint density at radius 2 is 1.94 bits per heavy atom. The molecule has 2 aromatic carbocycles. The lowest BCUT2D eigenvalue weighted by Gasteiger charge is -2.47. The first kappa shape index (κ1) is 21.2. The summed E-state index contributed by atoms with van der Waals surface area (Å²) >= 11 is 0. The number of benzene rings is 2. The van der Waals surface area contributed by atoms with Crippen molar-refractivity contribution in [2.45, 2.75) is 44.7 Å². The van der Waals surface area contributed by atoms with Gasteiger partial charge in [-0.15, -0.1) is 0 Å². The number of nitro groups is 1. The Hall–Kier alpha value is -3.68. The zero-order chi connectivity index (χ0) is 23.1. The Balaban J connectivity index is 1.63. The molecule has 1 N–H and O–H groups in total. The minimum atomic E-state index is -0.621. The van der Waals surface area contributed by atoms with Gasteiger partial charge in [0.1, 0.15) is 6.04 Å². The van der Waals surface area contributed by atoms with Gasteiger partial charge in [-0.1, -0.05) is 50.1 Å². The molecule has 170 valence electrons. The molecule has 0 spiro atoms. The number of amides is 2. The summed E-state index contributed by atoms with van der Waals surface area (Å²) in [6.07, 6.45) is 3.35. The highest BCUT2D eigenvalue weighted by Gasteiger charge is 2.48. The second-order valence-electron chi connectivity index (χ2n) is 8.81. The van der Waals surface area contributed by atoms with Crippen LogP contribution in [-0.2, 0) is 16.0 Å². The van der Waals surface area contributed by atoms with E-state index in [1.54, 1.807) is 21.9 Å². The zero-order valence-corrected chi connectivity index (χ0v) is 18.5. The molecular weight excluding hydrogens is 420 g/mol. The van der Waals surface area contributed by atoms with Crippen LogP contribution in [0, 0.1) is 10.1 Å². The fourth-order valence-corrected chi connectivity index (χ4v) is 5.22. The molecule has 3 heterocycles. The minimum absolute atomic E-state index is 0.0377. The molecule has 2 aliphatic rings. The van der Waals surface area contributed by atoms with Gasteiger partial charge >= 0.3 is 0 Å². The maximum Gasteiger partial charge on any atom is 0.269 e. The van der Waals surface area contributed by atoms with Crippen molar-refractivity contribution in [3.05, 3.63) is 75.5 Å². The predicted octanol–water partition coefficient (Wildman–Crippen LogP) is 3.95. The topological polar surface area (TPSA) is 99.5 Å². The highest BCUT2D eigenvalue weighted by molar-refractivity contribution is 5.97. The largest absolute Gasteiger partial charge is 0.356 e. The molecule has 0 radical (unpaired) electrons. The van der Waals surface area contributed by atoms with Crippen LogP contribution in [0.25, 0.3) is 10.9 Å². The molecule has 2 aliphatic heterocycles. The number of hydrogen-bond donors (Lipinski definition) is 1. The Bertz CT molecular complexity index is 1250. The van der Waals surface area contributed by atoms with Crippen LogP contribution in [0.3, 0.4) is 0 Å². The lowest BCUT2D eigenvalue weighted by atomic mass is 9.86. The van der Waals surface area contributed by atoms with Gasteiger partial charge in [-0.2, -0.15) is 0 Å². The summed E-state index contributed by atoms with van der Waals surface area (Å²) in [7, 11) is 0. The Morgan fingerprint density at radius 1 is 1.12 bits per heavy atom. The predicted molar refractivity (Wildman–Crippen MR) is 124 cm³/mol. The summed E-state index contributed by atoms with van der Waals surface area (Å²) in [6.45, 7) is 2.72. The van der Waals surface area contributed by atoms with E-state index in [0.717, 1.165) is 41.4 Å². The lowest BCUT2D eigenvalue weighted by molar-refractivity contribution is -0.384.